The largest absolute Gasteiger partial charge is 0.362 e. The number of hydrogen-bond donors (Lipinski definition) is 4. The molecule has 4 N–H and O–H groups in total. The molecule has 28 heavy (non-hydrogen) atoms. The number of aromatic amines is 1. The minimum atomic E-state index is -0.432. The molecule has 2 heterocycles. The van der Waals surface area contributed by atoms with E-state index in [2.05, 4.69) is 30.8 Å². The maximum absolute atomic E-state index is 12.6. The molecule has 0 radical (unpaired) electrons. The number of carbonyl (C=O) groups excluding carboxylic acids is 1. The van der Waals surface area contributed by atoms with Gasteiger partial charge in [-0.2, -0.15) is 5.10 Å². The average Bonchev–Trinajstić information content (AvgIpc) is 3.06. The summed E-state index contributed by atoms with van der Waals surface area (Å²) in [5, 5.41) is 21.3. The first-order valence-corrected chi connectivity index (χ1v) is 9.03. The molecule has 2 aromatic heterocycles. The highest BCUT2D eigenvalue weighted by molar-refractivity contribution is 6.38. The average molecular weight is 418 g/mol. The number of benzene rings is 1. The molecule has 1 amide bonds. The quantitative estimate of drug-likeness (QED) is 0.450. The Bertz CT molecular complexity index is 1030. The van der Waals surface area contributed by atoms with Crippen LogP contribution in [0.5, 0.6) is 0 Å². The maximum Gasteiger partial charge on any atom is 0.258 e. The molecular weight excluding hydrogens is 401 g/mol. The molecule has 1 aromatic carbocycles. The Kier molecular flexibility index (Phi) is 5.91. The fourth-order valence-corrected chi connectivity index (χ4v) is 2.98. The lowest BCUT2D eigenvalue weighted by molar-refractivity contribution is 0.102. The van der Waals surface area contributed by atoms with E-state index in [4.69, 9.17) is 28.6 Å². The van der Waals surface area contributed by atoms with Crippen molar-refractivity contribution in [2.45, 2.75) is 20.4 Å². The summed E-state index contributed by atoms with van der Waals surface area (Å²) in [5.74, 6) is 1.19. The first-order chi connectivity index (χ1) is 13.3. The Labute approximate surface area is 171 Å². The number of halogens is 2. The van der Waals surface area contributed by atoms with Crippen LogP contribution in [-0.4, -0.2) is 31.8 Å². The van der Waals surface area contributed by atoms with Crippen molar-refractivity contribution < 1.29 is 4.79 Å². The Morgan fingerprint density at radius 3 is 2.57 bits per heavy atom. The Hall–Kier alpha value is -2.97. The van der Waals surface area contributed by atoms with E-state index in [1.54, 1.807) is 38.1 Å². The fraction of sp³-hybridized carbons (Fsp3) is 0.167. The van der Waals surface area contributed by atoms with Gasteiger partial charge in [-0.1, -0.05) is 23.2 Å². The van der Waals surface area contributed by atoms with Gasteiger partial charge in [-0.15, -0.1) is 0 Å². The molecule has 0 unspecified atom stereocenters. The molecule has 0 spiro atoms. The van der Waals surface area contributed by atoms with Crippen LogP contribution in [0.1, 0.15) is 34.5 Å². The van der Waals surface area contributed by atoms with Gasteiger partial charge in [0.1, 0.15) is 11.6 Å². The molecule has 8 nitrogen and oxygen atoms in total. The molecule has 0 bridgehead atoms. The highest BCUT2D eigenvalue weighted by Crippen LogP contribution is 2.28. The number of aryl methyl sites for hydroxylation is 1. The van der Waals surface area contributed by atoms with Crippen LogP contribution in [0.15, 0.2) is 30.5 Å². The van der Waals surface area contributed by atoms with Gasteiger partial charge in [-0.3, -0.25) is 9.89 Å². The van der Waals surface area contributed by atoms with Gasteiger partial charge in [0.2, 0.25) is 0 Å². The Morgan fingerprint density at radius 1 is 1.25 bits per heavy atom. The van der Waals surface area contributed by atoms with Gasteiger partial charge in [0.25, 0.3) is 5.91 Å². The lowest BCUT2D eigenvalue weighted by Gasteiger charge is -2.14. The third kappa shape index (κ3) is 4.47. The van der Waals surface area contributed by atoms with Crippen LogP contribution >= 0.6 is 23.2 Å². The lowest BCUT2D eigenvalue weighted by atomic mass is 10.1. The second-order valence-corrected chi connectivity index (χ2v) is 6.80. The number of nitrogens with zero attached hydrogens (tertiary/aromatic N) is 3. The summed E-state index contributed by atoms with van der Waals surface area (Å²) in [7, 11) is 0. The molecule has 0 aliphatic rings. The zero-order valence-electron chi connectivity index (χ0n) is 15.1. The molecule has 0 aliphatic carbocycles. The lowest BCUT2D eigenvalue weighted by Crippen LogP contribution is -2.16. The number of aromatic nitrogens is 4. The van der Waals surface area contributed by atoms with Gasteiger partial charge < -0.3 is 16.0 Å². The van der Waals surface area contributed by atoms with E-state index < -0.39 is 5.91 Å². The van der Waals surface area contributed by atoms with Crippen molar-refractivity contribution >= 4 is 46.3 Å². The van der Waals surface area contributed by atoms with Crippen molar-refractivity contribution in [3.8, 4) is 0 Å². The summed E-state index contributed by atoms with van der Waals surface area (Å²) < 4.78 is 0. The highest BCUT2D eigenvalue weighted by Gasteiger charge is 2.20. The SMILES string of the molecule is CC(=N)c1c(NCc2n[nH]c(C)n2)ncc(C(=O)Nc2ccc(Cl)cc2)c1Cl. The molecule has 10 heteroatoms. The Balaban J connectivity index is 1.84. The van der Waals surface area contributed by atoms with Crippen molar-refractivity contribution in [1.82, 2.24) is 20.2 Å². The van der Waals surface area contributed by atoms with E-state index in [1.807, 2.05) is 0 Å². The normalized spacial score (nSPS) is 10.6. The first kappa shape index (κ1) is 19.8. The highest BCUT2D eigenvalue weighted by atomic mass is 35.5. The summed E-state index contributed by atoms with van der Waals surface area (Å²) in [5.41, 5.74) is 1.25. The van der Waals surface area contributed by atoms with Crippen LogP contribution in [0.3, 0.4) is 0 Å². The topological polar surface area (TPSA) is 119 Å². The van der Waals surface area contributed by atoms with Gasteiger partial charge in [-0.25, -0.2) is 9.97 Å². The van der Waals surface area contributed by atoms with Gasteiger partial charge in [-0.05, 0) is 38.1 Å². The second kappa shape index (κ2) is 8.37. The van der Waals surface area contributed by atoms with Gasteiger partial charge in [0, 0.05) is 22.6 Å². The van der Waals surface area contributed by atoms with Crippen molar-refractivity contribution in [3.63, 3.8) is 0 Å². The number of amides is 1. The van der Waals surface area contributed by atoms with Crippen molar-refractivity contribution in [1.29, 1.82) is 5.41 Å². The third-order valence-corrected chi connectivity index (χ3v) is 4.44. The van der Waals surface area contributed by atoms with Crippen LogP contribution in [-0.2, 0) is 6.54 Å². The molecule has 144 valence electrons. The van der Waals surface area contributed by atoms with E-state index in [0.717, 1.165) is 0 Å². The van der Waals surface area contributed by atoms with Crippen LogP contribution in [0, 0.1) is 12.3 Å². The minimum absolute atomic E-state index is 0.141. The summed E-state index contributed by atoms with van der Waals surface area (Å²) in [4.78, 5) is 21.1. The van der Waals surface area contributed by atoms with Crippen molar-refractivity contribution in [2.24, 2.45) is 0 Å². The minimum Gasteiger partial charge on any atom is -0.362 e. The van der Waals surface area contributed by atoms with Gasteiger partial charge in [0.15, 0.2) is 5.82 Å². The summed E-state index contributed by atoms with van der Waals surface area (Å²) in [6.07, 6.45) is 1.37. The van der Waals surface area contributed by atoms with Gasteiger partial charge in [0.05, 0.1) is 22.7 Å². The number of H-pyrrole nitrogens is 1. The van der Waals surface area contributed by atoms with Crippen molar-refractivity contribution in [2.75, 3.05) is 10.6 Å². The number of rotatable bonds is 6. The van der Waals surface area contributed by atoms with Crippen LogP contribution in [0.4, 0.5) is 11.5 Å². The fourth-order valence-electron chi connectivity index (χ4n) is 2.49. The molecule has 0 saturated carbocycles. The third-order valence-electron chi connectivity index (χ3n) is 3.79. The molecular formula is C18H17Cl2N7O. The predicted octanol–water partition coefficient (Wildman–Crippen LogP) is 4.07. The van der Waals surface area contributed by atoms with Crippen LogP contribution in [0.2, 0.25) is 10.0 Å². The van der Waals surface area contributed by atoms with Gasteiger partial charge >= 0.3 is 0 Å². The van der Waals surface area contributed by atoms with E-state index in [1.165, 1.54) is 6.20 Å². The maximum atomic E-state index is 12.6. The molecule has 3 aromatic rings. The number of carbonyl (C=O) groups is 1. The predicted molar refractivity (Wildman–Crippen MR) is 110 cm³/mol. The Morgan fingerprint density at radius 2 is 1.96 bits per heavy atom. The number of nitrogens with one attached hydrogen (secondary N) is 4. The number of anilines is 2. The smallest absolute Gasteiger partial charge is 0.258 e. The molecule has 0 saturated heterocycles. The van der Waals surface area contributed by atoms with Crippen LogP contribution < -0.4 is 10.6 Å². The van der Waals surface area contributed by atoms with Crippen molar-refractivity contribution in [3.05, 3.63) is 63.3 Å². The van der Waals surface area contributed by atoms with E-state index in [0.29, 0.717) is 40.3 Å². The van der Waals surface area contributed by atoms with E-state index in [-0.39, 0.29) is 16.3 Å². The monoisotopic (exact) mass is 417 g/mol. The van der Waals surface area contributed by atoms with E-state index >= 15 is 0 Å². The van der Waals surface area contributed by atoms with E-state index in [9.17, 15) is 4.79 Å². The molecule has 0 fully saturated rings. The summed E-state index contributed by atoms with van der Waals surface area (Å²) in [6, 6.07) is 6.70. The summed E-state index contributed by atoms with van der Waals surface area (Å²) >= 11 is 12.3. The summed E-state index contributed by atoms with van der Waals surface area (Å²) in [6.45, 7) is 3.67. The number of hydrogen-bond acceptors (Lipinski definition) is 6. The zero-order valence-corrected chi connectivity index (χ0v) is 16.6. The van der Waals surface area contributed by atoms with Crippen LogP contribution in [0.25, 0.3) is 0 Å². The number of pyridine rings is 1. The molecule has 0 atom stereocenters. The molecule has 3 rings (SSSR count). The zero-order chi connectivity index (χ0) is 20.3. The standard InChI is InChI=1S/C18H17Cl2N7O/c1-9(21)15-16(20)13(18(28)25-12-5-3-11(19)4-6-12)7-22-17(15)23-8-14-24-10(2)26-27-14/h3-7,21H,8H2,1-2H3,(H,22,23)(H,25,28)(H,24,26,27). The second-order valence-electron chi connectivity index (χ2n) is 5.99. The molecule has 0 aliphatic heterocycles. The first-order valence-electron chi connectivity index (χ1n) is 8.28.